The highest BCUT2D eigenvalue weighted by Crippen LogP contribution is 2.39. The molecule has 1 aromatic rings. The molecule has 3 rings (SSSR count). The minimum absolute atomic E-state index is 0.328. The Hall–Kier alpha value is -1.32. The summed E-state index contributed by atoms with van der Waals surface area (Å²) in [6, 6.07) is 1.92. The standard InChI is InChI=1S/C14H22N4/c1-9(2)14-16-12(15)6-13(17-14)18-7-10-4-3-5-11(10)8-18/h6,9-11H,3-5,7-8H2,1-2H3,(H2,15,16,17). The highest BCUT2D eigenvalue weighted by Gasteiger charge is 2.36. The van der Waals surface area contributed by atoms with Crippen molar-refractivity contribution in [2.24, 2.45) is 11.8 Å². The number of fused-ring (bicyclic) bond motifs is 1. The van der Waals surface area contributed by atoms with E-state index in [-0.39, 0.29) is 0 Å². The normalized spacial score (nSPS) is 26.9. The molecule has 4 heteroatoms. The van der Waals surface area contributed by atoms with Gasteiger partial charge in [0.1, 0.15) is 17.5 Å². The molecule has 0 spiro atoms. The minimum Gasteiger partial charge on any atom is -0.384 e. The number of hydrogen-bond acceptors (Lipinski definition) is 4. The highest BCUT2D eigenvalue weighted by atomic mass is 15.2. The first kappa shape index (κ1) is 11.8. The molecule has 0 amide bonds. The minimum atomic E-state index is 0.328. The van der Waals surface area contributed by atoms with Gasteiger partial charge >= 0.3 is 0 Å². The summed E-state index contributed by atoms with van der Waals surface area (Å²) in [4.78, 5) is 11.4. The Balaban J connectivity index is 1.84. The van der Waals surface area contributed by atoms with Crippen molar-refractivity contribution in [3.8, 4) is 0 Å². The van der Waals surface area contributed by atoms with Gasteiger partial charge in [-0.1, -0.05) is 20.3 Å². The van der Waals surface area contributed by atoms with Crippen molar-refractivity contribution in [1.82, 2.24) is 9.97 Å². The zero-order valence-electron chi connectivity index (χ0n) is 11.3. The van der Waals surface area contributed by atoms with Gasteiger partial charge < -0.3 is 10.6 Å². The van der Waals surface area contributed by atoms with Crippen molar-refractivity contribution >= 4 is 11.6 Å². The predicted octanol–water partition coefficient (Wildman–Crippen LogP) is 2.42. The first-order valence-corrected chi connectivity index (χ1v) is 7.03. The molecule has 0 radical (unpaired) electrons. The van der Waals surface area contributed by atoms with Gasteiger partial charge in [0, 0.05) is 25.1 Å². The molecule has 0 bridgehead atoms. The second-order valence-electron chi connectivity index (χ2n) is 6.02. The summed E-state index contributed by atoms with van der Waals surface area (Å²) < 4.78 is 0. The van der Waals surface area contributed by atoms with Crippen molar-refractivity contribution in [2.45, 2.75) is 39.0 Å². The fourth-order valence-corrected chi connectivity index (χ4v) is 3.31. The third-order valence-corrected chi connectivity index (χ3v) is 4.32. The van der Waals surface area contributed by atoms with E-state index in [2.05, 4.69) is 28.7 Å². The van der Waals surface area contributed by atoms with E-state index in [9.17, 15) is 0 Å². The van der Waals surface area contributed by atoms with Crippen molar-refractivity contribution in [3.05, 3.63) is 11.9 Å². The topological polar surface area (TPSA) is 55.0 Å². The lowest BCUT2D eigenvalue weighted by Gasteiger charge is -2.19. The van der Waals surface area contributed by atoms with E-state index >= 15 is 0 Å². The van der Waals surface area contributed by atoms with Gasteiger partial charge in [-0.2, -0.15) is 0 Å². The van der Waals surface area contributed by atoms with E-state index in [0.717, 1.165) is 36.6 Å². The molecule has 18 heavy (non-hydrogen) atoms. The molecular weight excluding hydrogens is 224 g/mol. The first-order valence-electron chi connectivity index (χ1n) is 7.03. The fourth-order valence-electron chi connectivity index (χ4n) is 3.31. The first-order chi connectivity index (χ1) is 8.63. The van der Waals surface area contributed by atoms with Crippen LogP contribution in [0.25, 0.3) is 0 Å². The van der Waals surface area contributed by atoms with Crippen molar-refractivity contribution in [1.29, 1.82) is 0 Å². The van der Waals surface area contributed by atoms with Gasteiger partial charge in [-0.15, -0.1) is 0 Å². The van der Waals surface area contributed by atoms with Crippen molar-refractivity contribution in [2.75, 3.05) is 23.7 Å². The van der Waals surface area contributed by atoms with Crippen LogP contribution in [-0.4, -0.2) is 23.1 Å². The zero-order chi connectivity index (χ0) is 12.7. The molecule has 0 aromatic carbocycles. The molecule has 2 N–H and O–H groups in total. The Morgan fingerprint density at radius 1 is 1.22 bits per heavy atom. The predicted molar refractivity (Wildman–Crippen MR) is 73.6 cm³/mol. The summed E-state index contributed by atoms with van der Waals surface area (Å²) in [5.74, 6) is 4.57. The average Bonchev–Trinajstić information content (AvgIpc) is 2.87. The molecule has 2 aliphatic rings. The smallest absolute Gasteiger partial charge is 0.135 e. The van der Waals surface area contributed by atoms with Gasteiger partial charge in [0.25, 0.3) is 0 Å². The van der Waals surface area contributed by atoms with E-state index in [1.807, 2.05) is 6.07 Å². The van der Waals surface area contributed by atoms with Crippen LogP contribution in [0.2, 0.25) is 0 Å². The van der Waals surface area contributed by atoms with Crippen LogP contribution in [0.5, 0.6) is 0 Å². The second-order valence-corrected chi connectivity index (χ2v) is 6.02. The van der Waals surface area contributed by atoms with Crippen molar-refractivity contribution < 1.29 is 0 Å². The molecule has 4 nitrogen and oxygen atoms in total. The van der Waals surface area contributed by atoms with Gasteiger partial charge in [-0.05, 0) is 24.7 Å². The van der Waals surface area contributed by atoms with Crippen LogP contribution in [0, 0.1) is 11.8 Å². The van der Waals surface area contributed by atoms with E-state index < -0.39 is 0 Å². The lowest BCUT2D eigenvalue weighted by atomic mass is 10.0. The largest absolute Gasteiger partial charge is 0.384 e. The monoisotopic (exact) mass is 246 g/mol. The summed E-state index contributed by atoms with van der Waals surface area (Å²) in [6.45, 7) is 6.52. The number of rotatable bonds is 2. The molecule has 2 atom stereocenters. The maximum absolute atomic E-state index is 5.90. The van der Waals surface area contributed by atoms with Crippen LogP contribution in [0.3, 0.4) is 0 Å². The van der Waals surface area contributed by atoms with Gasteiger partial charge in [0.15, 0.2) is 0 Å². The van der Waals surface area contributed by atoms with Gasteiger partial charge in [-0.3, -0.25) is 0 Å². The van der Waals surface area contributed by atoms with Crippen LogP contribution in [0.4, 0.5) is 11.6 Å². The number of hydrogen-bond donors (Lipinski definition) is 1. The zero-order valence-corrected chi connectivity index (χ0v) is 11.3. The summed E-state index contributed by atoms with van der Waals surface area (Å²) in [5.41, 5.74) is 5.90. The average molecular weight is 246 g/mol. The molecule has 2 heterocycles. The number of nitrogens with two attached hydrogens (primary N) is 1. The Kier molecular flexibility index (Phi) is 2.88. The third kappa shape index (κ3) is 2.04. The Bertz CT molecular complexity index is 431. The molecule has 1 aliphatic heterocycles. The molecular formula is C14H22N4. The summed E-state index contributed by atoms with van der Waals surface area (Å²) >= 11 is 0. The fraction of sp³-hybridized carbons (Fsp3) is 0.714. The summed E-state index contributed by atoms with van der Waals surface area (Å²) in [5, 5.41) is 0. The molecule has 1 saturated carbocycles. The van der Waals surface area contributed by atoms with Crippen molar-refractivity contribution in [3.63, 3.8) is 0 Å². The van der Waals surface area contributed by atoms with Gasteiger partial charge in [-0.25, -0.2) is 9.97 Å². The third-order valence-electron chi connectivity index (χ3n) is 4.32. The number of aromatic nitrogens is 2. The van der Waals surface area contributed by atoms with E-state index in [1.165, 1.54) is 19.3 Å². The van der Waals surface area contributed by atoms with E-state index in [0.29, 0.717) is 11.7 Å². The molecule has 1 saturated heterocycles. The molecule has 1 aromatic heterocycles. The van der Waals surface area contributed by atoms with Gasteiger partial charge in [0.05, 0.1) is 0 Å². The van der Waals surface area contributed by atoms with Gasteiger partial charge in [0.2, 0.25) is 0 Å². The van der Waals surface area contributed by atoms with E-state index in [4.69, 9.17) is 5.73 Å². The molecule has 2 fully saturated rings. The summed E-state index contributed by atoms with van der Waals surface area (Å²) in [7, 11) is 0. The highest BCUT2D eigenvalue weighted by molar-refractivity contribution is 5.48. The SMILES string of the molecule is CC(C)c1nc(N)cc(N2CC3CCCC3C2)n1. The Labute approximate surface area is 109 Å². The number of nitrogen functional groups attached to an aromatic ring is 1. The van der Waals surface area contributed by atoms with Crippen LogP contribution in [0.15, 0.2) is 6.07 Å². The maximum Gasteiger partial charge on any atom is 0.135 e. The lowest BCUT2D eigenvalue weighted by Crippen LogP contribution is -2.23. The van der Waals surface area contributed by atoms with E-state index in [1.54, 1.807) is 0 Å². The Morgan fingerprint density at radius 2 is 1.89 bits per heavy atom. The van der Waals surface area contributed by atoms with Crippen LogP contribution < -0.4 is 10.6 Å². The number of nitrogens with zero attached hydrogens (tertiary/aromatic N) is 3. The lowest BCUT2D eigenvalue weighted by molar-refractivity contribution is 0.494. The molecule has 2 unspecified atom stereocenters. The molecule has 98 valence electrons. The van der Waals surface area contributed by atoms with Crippen LogP contribution >= 0.6 is 0 Å². The molecule has 1 aliphatic carbocycles. The Morgan fingerprint density at radius 3 is 2.50 bits per heavy atom. The second kappa shape index (κ2) is 4.41. The van der Waals surface area contributed by atoms with Crippen LogP contribution in [-0.2, 0) is 0 Å². The quantitative estimate of drug-likeness (QED) is 0.870. The van der Waals surface area contributed by atoms with Crippen LogP contribution in [0.1, 0.15) is 44.9 Å². The summed E-state index contributed by atoms with van der Waals surface area (Å²) in [6.07, 6.45) is 4.18. The number of anilines is 2. The maximum atomic E-state index is 5.90.